The second-order valence-electron chi connectivity index (χ2n) is 6.44. The highest BCUT2D eigenvalue weighted by atomic mass is 35.5. The summed E-state index contributed by atoms with van der Waals surface area (Å²) in [5.41, 5.74) is 6.97. The zero-order valence-electron chi connectivity index (χ0n) is 13.0. The van der Waals surface area contributed by atoms with E-state index in [1.54, 1.807) is 6.07 Å². The van der Waals surface area contributed by atoms with Gasteiger partial charge in [0.05, 0.1) is 23.2 Å². The molecule has 1 aliphatic heterocycles. The summed E-state index contributed by atoms with van der Waals surface area (Å²) in [6.07, 6.45) is 3.66. The van der Waals surface area contributed by atoms with Crippen molar-refractivity contribution in [2.24, 2.45) is 11.7 Å². The molecule has 0 aromatic heterocycles. The van der Waals surface area contributed by atoms with E-state index in [9.17, 15) is 4.79 Å². The van der Waals surface area contributed by atoms with E-state index < -0.39 is 0 Å². The summed E-state index contributed by atoms with van der Waals surface area (Å²) in [6, 6.07) is 5.65. The number of amides is 1. The van der Waals surface area contributed by atoms with E-state index in [-0.39, 0.29) is 24.0 Å². The minimum Gasteiger partial charge on any atom is -0.370 e. The number of nitrogens with zero attached hydrogens (tertiary/aromatic N) is 1. The first-order valence-electron chi connectivity index (χ1n) is 8.15. The van der Waals surface area contributed by atoms with Crippen LogP contribution in [0.25, 0.3) is 0 Å². The molecule has 3 rings (SSSR count). The van der Waals surface area contributed by atoms with Gasteiger partial charge in [-0.3, -0.25) is 4.79 Å². The van der Waals surface area contributed by atoms with Gasteiger partial charge < -0.3 is 15.4 Å². The molecule has 1 aromatic rings. The lowest BCUT2D eigenvalue weighted by Crippen LogP contribution is -2.46. The number of hydrogen-bond acceptors (Lipinski definition) is 3. The molecule has 0 radical (unpaired) electrons. The Kier molecular flexibility index (Phi) is 5.47. The van der Waals surface area contributed by atoms with Crippen molar-refractivity contribution < 1.29 is 9.53 Å². The zero-order chi connectivity index (χ0) is 16.4. The molecule has 3 unspecified atom stereocenters. The van der Waals surface area contributed by atoms with Crippen molar-refractivity contribution in [2.75, 3.05) is 19.7 Å². The average molecular weight is 357 g/mol. The fraction of sp³-hybridized carbons (Fsp3) is 0.588. The summed E-state index contributed by atoms with van der Waals surface area (Å²) in [6.45, 7) is 1.74. The van der Waals surface area contributed by atoms with Gasteiger partial charge in [-0.2, -0.15) is 0 Å². The fourth-order valence-electron chi connectivity index (χ4n) is 3.47. The van der Waals surface area contributed by atoms with Crippen LogP contribution < -0.4 is 5.73 Å². The number of benzene rings is 1. The van der Waals surface area contributed by atoms with Gasteiger partial charge in [-0.1, -0.05) is 35.7 Å². The third-order valence-electron chi connectivity index (χ3n) is 4.76. The predicted molar refractivity (Wildman–Crippen MR) is 91.7 cm³/mol. The first kappa shape index (κ1) is 17.0. The van der Waals surface area contributed by atoms with E-state index >= 15 is 0 Å². The summed E-state index contributed by atoms with van der Waals surface area (Å²) in [4.78, 5) is 14.7. The van der Waals surface area contributed by atoms with Crippen molar-refractivity contribution in [1.82, 2.24) is 4.90 Å². The van der Waals surface area contributed by atoms with Crippen LogP contribution in [-0.2, 0) is 9.53 Å². The number of morpholine rings is 1. The highest BCUT2D eigenvalue weighted by Gasteiger charge is 2.32. The molecule has 1 amide bonds. The minimum absolute atomic E-state index is 0.0614. The van der Waals surface area contributed by atoms with Crippen molar-refractivity contribution in [3.05, 3.63) is 33.8 Å². The number of carbonyl (C=O) groups is 1. The van der Waals surface area contributed by atoms with E-state index in [0.717, 1.165) is 31.2 Å². The van der Waals surface area contributed by atoms with Gasteiger partial charge in [-0.25, -0.2) is 0 Å². The van der Waals surface area contributed by atoms with Crippen molar-refractivity contribution in [3.8, 4) is 0 Å². The standard InChI is InChI=1S/C17H22Cl2N2O2/c18-14-5-4-11(9-15(14)19)16-10-21(6-7-23-16)17(22)12-2-1-3-13(20)8-12/h4-5,9,12-13,16H,1-3,6-8,10,20H2. The molecule has 2 aliphatic rings. The summed E-state index contributed by atoms with van der Waals surface area (Å²) in [5.74, 6) is 0.278. The highest BCUT2D eigenvalue weighted by Crippen LogP contribution is 2.31. The molecule has 1 saturated heterocycles. The second-order valence-corrected chi connectivity index (χ2v) is 7.26. The molecule has 2 fully saturated rings. The van der Waals surface area contributed by atoms with Gasteiger partial charge in [0.2, 0.25) is 5.91 Å². The Morgan fingerprint density at radius 1 is 1.26 bits per heavy atom. The quantitative estimate of drug-likeness (QED) is 0.883. The first-order valence-corrected chi connectivity index (χ1v) is 8.91. The maximum Gasteiger partial charge on any atom is 0.225 e. The van der Waals surface area contributed by atoms with Gasteiger partial charge in [0.25, 0.3) is 0 Å². The van der Waals surface area contributed by atoms with E-state index in [4.69, 9.17) is 33.7 Å². The number of nitrogens with two attached hydrogens (primary N) is 1. The minimum atomic E-state index is -0.153. The molecule has 3 atom stereocenters. The Morgan fingerprint density at radius 2 is 2.09 bits per heavy atom. The third-order valence-corrected chi connectivity index (χ3v) is 5.50. The number of halogens is 2. The topological polar surface area (TPSA) is 55.6 Å². The first-order chi connectivity index (χ1) is 11.0. The maximum atomic E-state index is 12.8. The largest absolute Gasteiger partial charge is 0.370 e. The van der Waals surface area contributed by atoms with Crippen LogP contribution in [0, 0.1) is 5.92 Å². The van der Waals surface area contributed by atoms with Crippen molar-refractivity contribution in [3.63, 3.8) is 0 Å². The Hall–Kier alpha value is -0.810. The molecular formula is C17H22Cl2N2O2. The lowest BCUT2D eigenvalue weighted by Gasteiger charge is -2.37. The van der Waals surface area contributed by atoms with Crippen LogP contribution in [0.4, 0.5) is 0 Å². The molecule has 0 spiro atoms. The average Bonchev–Trinajstić information content (AvgIpc) is 2.57. The molecule has 126 valence electrons. The SMILES string of the molecule is NC1CCCC(C(=O)N2CCOC(c3ccc(Cl)c(Cl)c3)C2)C1. The van der Waals surface area contributed by atoms with Crippen LogP contribution in [0.1, 0.15) is 37.4 Å². The Bertz CT molecular complexity index is 582. The fourth-order valence-corrected chi connectivity index (χ4v) is 3.78. The van der Waals surface area contributed by atoms with Crippen molar-refractivity contribution in [2.45, 2.75) is 37.8 Å². The molecule has 2 N–H and O–H groups in total. The van der Waals surface area contributed by atoms with E-state index in [1.807, 2.05) is 17.0 Å². The van der Waals surface area contributed by atoms with Gasteiger partial charge in [-0.05, 0) is 37.0 Å². The number of rotatable bonds is 2. The molecular weight excluding hydrogens is 335 g/mol. The van der Waals surface area contributed by atoms with Crippen LogP contribution in [-0.4, -0.2) is 36.5 Å². The van der Waals surface area contributed by atoms with E-state index in [2.05, 4.69) is 0 Å². The molecule has 23 heavy (non-hydrogen) atoms. The van der Waals surface area contributed by atoms with Gasteiger partial charge in [0, 0.05) is 18.5 Å². The Morgan fingerprint density at radius 3 is 2.83 bits per heavy atom. The normalized spacial score (nSPS) is 28.7. The van der Waals surface area contributed by atoms with Gasteiger partial charge in [0.1, 0.15) is 6.10 Å². The lowest BCUT2D eigenvalue weighted by atomic mass is 9.85. The lowest BCUT2D eigenvalue weighted by molar-refractivity contribution is -0.144. The van der Waals surface area contributed by atoms with Crippen molar-refractivity contribution >= 4 is 29.1 Å². The van der Waals surface area contributed by atoms with Crippen LogP contribution >= 0.6 is 23.2 Å². The van der Waals surface area contributed by atoms with Crippen LogP contribution in [0.2, 0.25) is 10.0 Å². The monoisotopic (exact) mass is 356 g/mol. The number of ether oxygens (including phenoxy) is 1. The van der Waals surface area contributed by atoms with Gasteiger partial charge in [-0.15, -0.1) is 0 Å². The summed E-state index contributed by atoms with van der Waals surface area (Å²) in [7, 11) is 0. The summed E-state index contributed by atoms with van der Waals surface area (Å²) >= 11 is 12.1. The van der Waals surface area contributed by atoms with Crippen LogP contribution in [0.15, 0.2) is 18.2 Å². The van der Waals surface area contributed by atoms with Crippen LogP contribution in [0.5, 0.6) is 0 Å². The molecule has 1 heterocycles. The summed E-state index contributed by atoms with van der Waals surface area (Å²) in [5, 5.41) is 1.03. The maximum absolute atomic E-state index is 12.8. The molecule has 0 bridgehead atoms. The summed E-state index contributed by atoms with van der Waals surface area (Å²) < 4.78 is 5.83. The third kappa shape index (κ3) is 4.00. The zero-order valence-corrected chi connectivity index (χ0v) is 14.5. The van der Waals surface area contributed by atoms with Crippen LogP contribution in [0.3, 0.4) is 0 Å². The Labute approximate surface area is 146 Å². The molecule has 1 aromatic carbocycles. The molecule has 1 aliphatic carbocycles. The molecule has 6 heteroatoms. The Balaban J connectivity index is 1.67. The predicted octanol–water partition coefficient (Wildman–Crippen LogP) is 3.41. The van der Waals surface area contributed by atoms with Crippen molar-refractivity contribution in [1.29, 1.82) is 0 Å². The number of carbonyl (C=O) groups excluding carboxylic acids is 1. The molecule has 1 saturated carbocycles. The second kappa shape index (κ2) is 7.39. The van der Waals surface area contributed by atoms with Gasteiger partial charge in [0.15, 0.2) is 0 Å². The van der Waals surface area contributed by atoms with Gasteiger partial charge >= 0.3 is 0 Å². The number of hydrogen-bond donors (Lipinski definition) is 1. The smallest absolute Gasteiger partial charge is 0.225 e. The van der Waals surface area contributed by atoms with E-state index in [0.29, 0.717) is 29.7 Å². The highest BCUT2D eigenvalue weighted by molar-refractivity contribution is 6.42. The van der Waals surface area contributed by atoms with E-state index in [1.165, 1.54) is 0 Å². The molecule has 4 nitrogen and oxygen atoms in total.